The number of hydrogen-bond acceptors (Lipinski definition) is 2. The maximum atomic E-state index is 10.8. The molecule has 0 spiro atoms. The summed E-state index contributed by atoms with van der Waals surface area (Å²) in [6.45, 7) is 0.625. The first-order valence-corrected chi connectivity index (χ1v) is 6.11. The SMILES string of the molecule is O=Cc1ccccc1OCCCc1ccccc1. The Hall–Kier alpha value is -2.09. The molecule has 18 heavy (non-hydrogen) atoms. The molecule has 92 valence electrons. The second-order valence-electron chi connectivity index (χ2n) is 4.09. The first-order valence-electron chi connectivity index (χ1n) is 6.11. The van der Waals surface area contributed by atoms with E-state index in [1.165, 1.54) is 5.56 Å². The molecule has 0 N–H and O–H groups in total. The van der Waals surface area contributed by atoms with E-state index in [0.29, 0.717) is 17.9 Å². The van der Waals surface area contributed by atoms with Gasteiger partial charge in [0, 0.05) is 0 Å². The minimum atomic E-state index is 0.609. The van der Waals surface area contributed by atoms with Gasteiger partial charge in [-0.15, -0.1) is 0 Å². The Morgan fingerprint density at radius 2 is 1.67 bits per heavy atom. The summed E-state index contributed by atoms with van der Waals surface area (Å²) < 4.78 is 5.62. The van der Waals surface area contributed by atoms with Gasteiger partial charge < -0.3 is 4.74 Å². The standard InChI is InChI=1S/C16H16O2/c17-13-15-10-4-5-11-16(15)18-12-6-9-14-7-2-1-3-8-14/h1-5,7-8,10-11,13H,6,9,12H2. The topological polar surface area (TPSA) is 26.3 Å². The summed E-state index contributed by atoms with van der Waals surface area (Å²) in [4.78, 5) is 10.8. The molecule has 0 heterocycles. The van der Waals surface area contributed by atoms with Crippen LogP contribution in [0.25, 0.3) is 0 Å². The quantitative estimate of drug-likeness (QED) is 0.570. The molecule has 2 heteroatoms. The Balaban J connectivity index is 1.80. The summed E-state index contributed by atoms with van der Waals surface area (Å²) in [5.74, 6) is 0.667. The van der Waals surface area contributed by atoms with E-state index >= 15 is 0 Å². The van der Waals surface area contributed by atoms with Gasteiger partial charge in [-0.3, -0.25) is 4.79 Å². The van der Waals surface area contributed by atoms with Gasteiger partial charge in [-0.1, -0.05) is 42.5 Å². The molecule has 2 rings (SSSR count). The fourth-order valence-corrected chi connectivity index (χ4v) is 1.81. The van der Waals surface area contributed by atoms with Crippen LogP contribution in [-0.4, -0.2) is 12.9 Å². The molecule has 0 saturated heterocycles. The van der Waals surface area contributed by atoms with Gasteiger partial charge in [-0.2, -0.15) is 0 Å². The predicted octanol–water partition coefficient (Wildman–Crippen LogP) is 3.51. The van der Waals surface area contributed by atoms with E-state index in [2.05, 4.69) is 12.1 Å². The fraction of sp³-hybridized carbons (Fsp3) is 0.188. The molecule has 2 aromatic rings. The van der Waals surface area contributed by atoms with Gasteiger partial charge in [0.05, 0.1) is 12.2 Å². The van der Waals surface area contributed by atoms with Crippen LogP contribution in [-0.2, 0) is 6.42 Å². The summed E-state index contributed by atoms with van der Waals surface area (Å²) in [7, 11) is 0. The highest BCUT2D eigenvalue weighted by atomic mass is 16.5. The second-order valence-corrected chi connectivity index (χ2v) is 4.09. The minimum Gasteiger partial charge on any atom is -0.493 e. The van der Waals surface area contributed by atoms with E-state index in [1.807, 2.05) is 36.4 Å². The van der Waals surface area contributed by atoms with Crippen LogP contribution in [0, 0.1) is 0 Å². The molecule has 0 bridgehead atoms. The number of ether oxygens (including phenoxy) is 1. The van der Waals surface area contributed by atoms with Crippen LogP contribution in [0.5, 0.6) is 5.75 Å². The molecule has 0 aliphatic heterocycles. The molecule has 2 nitrogen and oxygen atoms in total. The van der Waals surface area contributed by atoms with Gasteiger partial charge in [0.15, 0.2) is 6.29 Å². The Labute approximate surface area is 107 Å². The fourth-order valence-electron chi connectivity index (χ4n) is 1.81. The average molecular weight is 240 g/mol. The van der Waals surface area contributed by atoms with Gasteiger partial charge in [0.2, 0.25) is 0 Å². The van der Waals surface area contributed by atoms with Crippen LogP contribution in [0.2, 0.25) is 0 Å². The molecule has 2 aromatic carbocycles. The number of aldehydes is 1. The van der Waals surface area contributed by atoms with E-state index < -0.39 is 0 Å². The average Bonchev–Trinajstić information content (AvgIpc) is 2.45. The lowest BCUT2D eigenvalue weighted by Crippen LogP contribution is -2.01. The summed E-state index contributed by atoms with van der Waals surface area (Å²) in [6.07, 6.45) is 2.76. The van der Waals surface area contributed by atoms with Crippen LogP contribution < -0.4 is 4.74 Å². The molecule has 0 aliphatic carbocycles. The van der Waals surface area contributed by atoms with Crippen molar-refractivity contribution in [2.45, 2.75) is 12.8 Å². The first kappa shape index (κ1) is 12.4. The van der Waals surface area contributed by atoms with Crippen LogP contribution in [0.4, 0.5) is 0 Å². The second kappa shape index (κ2) is 6.60. The molecule has 0 aromatic heterocycles. The van der Waals surface area contributed by atoms with Gasteiger partial charge in [0.25, 0.3) is 0 Å². The normalized spacial score (nSPS) is 10.0. The lowest BCUT2D eigenvalue weighted by molar-refractivity contribution is 0.111. The first-order chi connectivity index (χ1) is 8.90. The van der Waals surface area contributed by atoms with Crippen molar-refractivity contribution in [1.29, 1.82) is 0 Å². The molecule has 0 amide bonds. The third kappa shape index (κ3) is 3.45. The highest BCUT2D eigenvalue weighted by Gasteiger charge is 2.00. The molecule has 0 saturated carbocycles. The zero-order chi connectivity index (χ0) is 12.6. The van der Waals surface area contributed by atoms with Crippen molar-refractivity contribution in [2.75, 3.05) is 6.61 Å². The zero-order valence-electron chi connectivity index (χ0n) is 10.2. The number of para-hydroxylation sites is 1. The Morgan fingerprint density at radius 1 is 0.944 bits per heavy atom. The van der Waals surface area contributed by atoms with E-state index in [4.69, 9.17) is 4.74 Å². The minimum absolute atomic E-state index is 0.609. The van der Waals surface area contributed by atoms with Crippen LogP contribution in [0.1, 0.15) is 22.3 Å². The Bertz CT molecular complexity index is 491. The molecule has 0 fully saturated rings. The van der Waals surface area contributed by atoms with Gasteiger partial charge in [0.1, 0.15) is 5.75 Å². The van der Waals surface area contributed by atoms with E-state index in [1.54, 1.807) is 6.07 Å². The van der Waals surface area contributed by atoms with E-state index in [9.17, 15) is 4.79 Å². The van der Waals surface area contributed by atoms with Gasteiger partial charge in [-0.25, -0.2) is 0 Å². The van der Waals surface area contributed by atoms with Crippen LogP contribution >= 0.6 is 0 Å². The Kier molecular flexibility index (Phi) is 4.53. The number of hydrogen-bond donors (Lipinski definition) is 0. The third-order valence-electron chi connectivity index (χ3n) is 2.76. The molecular formula is C16H16O2. The van der Waals surface area contributed by atoms with Crippen molar-refractivity contribution in [3.05, 3.63) is 65.7 Å². The molecule has 0 atom stereocenters. The number of rotatable bonds is 6. The van der Waals surface area contributed by atoms with Crippen molar-refractivity contribution in [1.82, 2.24) is 0 Å². The monoisotopic (exact) mass is 240 g/mol. The largest absolute Gasteiger partial charge is 0.493 e. The van der Waals surface area contributed by atoms with E-state index in [-0.39, 0.29) is 0 Å². The van der Waals surface area contributed by atoms with Gasteiger partial charge in [-0.05, 0) is 30.5 Å². The molecule has 0 aliphatic rings. The summed E-state index contributed by atoms with van der Waals surface area (Å²) in [5, 5.41) is 0. The lowest BCUT2D eigenvalue weighted by atomic mass is 10.1. The van der Waals surface area contributed by atoms with Crippen LogP contribution in [0.3, 0.4) is 0 Å². The molecule has 0 radical (unpaired) electrons. The molecule has 0 unspecified atom stereocenters. The smallest absolute Gasteiger partial charge is 0.153 e. The zero-order valence-corrected chi connectivity index (χ0v) is 10.2. The van der Waals surface area contributed by atoms with Crippen LogP contribution in [0.15, 0.2) is 54.6 Å². The number of carbonyl (C=O) groups is 1. The van der Waals surface area contributed by atoms with Crippen molar-refractivity contribution in [3.8, 4) is 5.75 Å². The predicted molar refractivity (Wildman–Crippen MR) is 72.1 cm³/mol. The summed E-state index contributed by atoms with van der Waals surface area (Å²) in [5.41, 5.74) is 1.92. The summed E-state index contributed by atoms with van der Waals surface area (Å²) in [6, 6.07) is 17.6. The van der Waals surface area contributed by atoms with Gasteiger partial charge >= 0.3 is 0 Å². The third-order valence-corrected chi connectivity index (χ3v) is 2.76. The summed E-state index contributed by atoms with van der Waals surface area (Å²) >= 11 is 0. The highest BCUT2D eigenvalue weighted by Crippen LogP contribution is 2.16. The Morgan fingerprint density at radius 3 is 2.44 bits per heavy atom. The van der Waals surface area contributed by atoms with E-state index in [0.717, 1.165) is 19.1 Å². The van der Waals surface area contributed by atoms with Crippen molar-refractivity contribution in [3.63, 3.8) is 0 Å². The van der Waals surface area contributed by atoms with Crippen molar-refractivity contribution >= 4 is 6.29 Å². The number of carbonyl (C=O) groups excluding carboxylic acids is 1. The maximum Gasteiger partial charge on any atom is 0.153 e. The van der Waals surface area contributed by atoms with Crippen molar-refractivity contribution < 1.29 is 9.53 Å². The highest BCUT2D eigenvalue weighted by molar-refractivity contribution is 5.79. The lowest BCUT2D eigenvalue weighted by Gasteiger charge is -2.07. The van der Waals surface area contributed by atoms with Crippen molar-refractivity contribution in [2.24, 2.45) is 0 Å². The molecular weight excluding hydrogens is 224 g/mol. The maximum absolute atomic E-state index is 10.8. The number of benzene rings is 2. The number of aryl methyl sites for hydroxylation is 1.